The normalized spacial score (nSPS) is 19.0. The third-order valence-electron chi connectivity index (χ3n) is 3.43. The average molecular weight is 300 g/mol. The number of hydrogen-bond acceptors (Lipinski definition) is 4. The Balaban J connectivity index is 2.27. The first-order valence-electron chi connectivity index (χ1n) is 7.32. The summed E-state index contributed by atoms with van der Waals surface area (Å²) in [5.74, 6) is 2.29. The van der Waals surface area contributed by atoms with Crippen molar-refractivity contribution in [1.29, 1.82) is 0 Å². The van der Waals surface area contributed by atoms with Gasteiger partial charge in [0, 0.05) is 25.3 Å². The second kappa shape index (κ2) is 6.23. The quantitative estimate of drug-likeness (QED) is 0.479. The zero-order valence-corrected chi connectivity index (χ0v) is 13.3. The molecular formula is C18H20O4. The van der Waals surface area contributed by atoms with Crippen LogP contribution in [-0.2, 0) is 19.1 Å². The van der Waals surface area contributed by atoms with E-state index in [-0.39, 0.29) is 5.92 Å². The van der Waals surface area contributed by atoms with Crippen molar-refractivity contribution in [2.75, 3.05) is 0 Å². The molecule has 0 radical (unpaired) electrons. The minimum atomic E-state index is -1.21. The second-order valence-corrected chi connectivity index (χ2v) is 6.12. The first-order chi connectivity index (χ1) is 10.3. The van der Waals surface area contributed by atoms with E-state index in [4.69, 9.17) is 9.47 Å². The second-order valence-electron chi connectivity index (χ2n) is 6.12. The Morgan fingerprint density at radius 3 is 2.09 bits per heavy atom. The molecule has 4 heteroatoms. The van der Waals surface area contributed by atoms with Crippen LogP contribution in [0.25, 0.3) is 0 Å². The zero-order valence-electron chi connectivity index (χ0n) is 13.3. The predicted molar refractivity (Wildman–Crippen MR) is 81.4 cm³/mol. The van der Waals surface area contributed by atoms with Gasteiger partial charge in [0.1, 0.15) is 0 Å². The van der Waals surface area contributed by atoms with E-state index in [1.807, 2.05) is 44.2 Å². The molecule has 0 amide bonds. The van der Waals surface area contributed by atoms with E-state index < -0.39 is 29.6 Å². The van der Waals surface area contributed by atoms with Crippen molar-refractivity contribution in [1.82, 2.24) is 0 Å². The van der Waals surface area contributed by atoms with Gasteiger partial charge in [-0.15, -0.1) is 0 Å². The summed E-state index contributed by atoms with van der Waals surface area (Å²) >= 11 is 0. The molecule has 2 rings (SSSR count). The Labute approximate surface area is 130 Å². The highest BCUT2D eigenvalue weighted by Gasteiger charge is 2.47. The fourth-order valence-electron chi connectivity index (χ4n) is 2.34. The Morgan fingerprint density at radius 1 is 1.05 bits per heavy atom. The third-order valence-corrected chi connectivity index (χ3v) is 3.43. The third kappa shape index (κ3) is 3.67. The molecule has 22 heavy (non-hydrogen) atoms. The van der Waals surface area contributed by atoms with Crippen molar-refractivity contribution in [2.24, 2.45) is 17.8 Å². The molecule has 1 heterocycles. The fourth-order valence-corrected chi connectivity index (χ4v) is 2.34. The number of cyclic esters (lactones) is 2. The van der Waals surface area contributed by atoms with Crippen LogP contribution in [-0.4, -0.2) is 17.7 Å². The molecule has 1 atom stereocenters. The standard InChI is InChI=1S/C18H20O4/c1-12(2)14(11-10-13-8-6-5-7-9-13)15-16(19)21-18(3,4)22-17(15)20/h5-9,12,14-15H,1-4H3/t14-/m0/s1. The Hall–Kier alpha value is -2.28. The highest BCUT2D eigenvalue weighted by atomic mass is 16.7. The molecule has 1 aliphatic rings. The number of esters is 2. The fraction of sp³-hybridized carbons (Fsp3) is 0.444. The molecule has 0 unspecified atom stereocenters. The van der Waals surface area contributed by atoms with Crippen molar-refractivity contribution in [2.45, 2.75) is 33.5 Å². The van der Waals surface area contributed by atoms with Gasteiger partial charge >= 0.3 is 11.9 Å². The van der Waals surface area contributed by atoms with Crippen molar-refractivity contribution in [3.63, 3.8) is 0 Å². The van der Waals surface area contributed by atoms with E-state index in [1.165, 1.54) is 0 Å². The summed E-state index contributed by atoms with van der Waals surface area (Å²) in [5, 5.41) is 0. The van der Waals surface area contributed by atoms with E-state index in [0.717, 1.165) is 5.56 Å². The molecular weight excluding hydrogens is 280 g/mol. The van der Waals surface area contributed by atoms with Gasteiger partial charge in [-0.1, -0.05) is 43.9 Å². The van der Waals surface area contributed by atoms with Crippen molar-refractivity contribution in [3.8, 4) is 11.8 Å². The molecule has 1 fully saturated rings. The maximum absolute atomic E-state index is 12.2. The van der Waals surface area contributed by atoms with Gasteiger partial charge in [-0.3, -0.25) is 9.59 Å². The Kier molecular flexibility index (Phi) is 4.56. The summed E-state index contributed by atoms with van der Waals surface area (Å²) in [6.07, 6.45) is 0. The molecule has 0 spiro atoms. The lowest BCUT2D eigenvalue weighted by molar-refractivity contribution is -0.242. The van der Waals surface area contributed by atoms with E-state index in [9.17, 15) is 9.59 Å². The van der Waals surface area contributed by atoms with Crippen LogP contribution in [0.1, 0.15) is 33.3 Å². The summed E-state index contributed by atoms with van der Waals surface area (Å²) in [4.78, 5) is 24.4. The predicted octanol–water partition coefficient (Wildman–Crippen LogP) is 2.76. The van der Waals surface area contributed by atoms with Crippen LogP contribution >= 0.6 is 0 Å². The maximum atomic E-state index is 12.2. The Bertz CT molecular complexity index is 599. The molecule has 4 nitrogen and oxygen atoms in total. The van der Waals surface area contributed by atoms with Gasteiger partial charge in [0.15, 0.2) is 5.92 Å². The summed E-state index contributed by atoms with van der Waals surface area (Å²) in [6, 6.07) is 9.44. The first-order valence-corrected chi connectivity index (χ1v) is 7.32. The first kappa shape index (κ1) is 16.1. The van der Waals surface area contributed by atoms with Gasteiger partial charge in [-0.05, 0) is 18.1 Å². The van der Waals surface area contributed by atoms with E-state index in [2.05, 4.69) is 11.8 Å². The number of ether oxygens (including phenoxy) is 2. The molecule has 1 aliphatic heterocycles. The molecule has 116 valence electrons. The number of benzene rings is 1. The van der Waals surface area contributed by atoms with E-state index in [1.54, 1.807) is 13.8 Å². The number of rotatable bonds is 2. The van der Waals surface area contributed by atoms with Gasteiger partial charge in [-0.2, -0.15) is 0 Å². The van der Waals surface area contributed by atoms with Crippen LogP contribution in [0.15, 0.2) is 30.3 Å². The summed E-state index contributed by atoms with van der Waals surface area (Å²) in [5.41, 5.74) is 0.839. The number of hydrogen-bond donors (Lipinski definition) is 0. The molecule has 0 aliphatic carbocycles. The largest absolute Gasteiger partial charge is 0.422 e. The van der Waals surface area contributed by atoms with Crippen LogP contribution in [0.4, 0.5) is 0 Å². The Morgan fingerprint density at radius 2 is 1.59 bits per heavy atom. The molecule has 0 aromatic heterocycles. The van der Waals surface area contributed by atoms with Crippen molar-refractivity contribution >= 4 is 11.9 Å². The number of carbonyl (C=O) groups is 2. The van der Waals surface area contributed by atoms with Gasteiger partial charge in [0.05, 0.1) is 0 Å². The van der Waals surface area contributed by atoms with Crippen LogP contribution < -0.4 is 0 Å². The highest BCUT2D eigenvalue weighted by Crippen LogP contribution is 2.31. The van der Waals surface area contributed by atoms with E-state index in [0.29, 0.717) is 0 Å². The molecule has 1 saturated heterocycles. The topological polar surface area (TPSA) is 52.6 Å². The highest BCUT2D eigenvalue weighted by molar-refractivity contribution is 5.97. The van der Waals surface area contributed by atoms with Crippen LogP contribution in [0, 0.1) is 29.6 Å². The summed E-state index contributed by atoms with van der Waals surface area (Å²) in [6.45, 7) is 6.92. The van der Waals surface area contributed by atoms with Crippen LogP contribution in [0.3, 0.4) is 0 Å². The van der Waals surface area contributed by atoms with Gasteiger partial charge in [-0.25, -0.2) is 0 Å². The molecule has 0 bridgehead atoms. The number of carbonyl (C=O) groups excluding carboxylic acids is 2. The monoisotopic (exact) mass is 300 g/mol. The summed E-state index contributed by atoms with van der Waals surface area (Å²) < 4.78 is 10.4. The molecule has 0 N–H and O–H groups in total. The molecule has 1 aromatic carbocycles. The van der Waals surface area contributed by atoms with Crippen LogP contribution in [0.2, 0.25) is 0 Å². The van der Waals surface area contributed by atoms with Crippen LogP contribution in [0.5, 0.6) is 0 Å². The lowest BCUT2D eigenvalue weighted by Crippen LogP contribution is -2.49. The van der Waals surface area contributed by atoms with Gasteiger partial charge in [0.2, 0.25) is 0 Å². The average Bonchev–Trinajstić information content (AvgIpc) is 2.41. The lowest BCUT2D eigenvalue weighted by Gasteiger charge is -2.35. The molecule has 1 aromatic rings. The lowest BCUT2D eigenvalue weighted by atomic mass is 9.83. The van der Waals surface area contributed by atoms with Gasteiger partial charge < -0.3 is 9.47 Å². The maximum Gasteiger partial charge on any atom is 0.324 e. The van der Waals surface area contributed by atoms with Crippen molar-refractivity contribution in [3.05, 3.63) is 35.9 Å². The van der Waals surface area contributed by atoms with Crippen molar-refractivity contribution < 1.29 is 19.1 Å². The zero-order chi connectivity index (χ0) is 16.3. The van der Waals surface area contributed by atoms with Gasteiger partial charge in [0.25, 0.3) is 5.79 Å². The minimum absolute atomic E-state index is 0.0162. The summed E-state index contributed by atoms with van der Waals surface area (Å²) in [7, 11) is 0. The van der Waals surface area contributed by atoms with E-state index >= 15 is 0 Å². The minimum Gasteiger partial charge on any atom is -0.422 e. The molecule has 0 saturated carbocycles. The SMILES string of the molecule is CC(C)[C@H](C#Cc1ccccc1)C1C(=O)OC(C)(C)OC1=O. The smallest absolute Gasteiger partial charge is 0.324 e.